The van der Waals surface area contributed by atoms with E-state index in [2.05, 4.69) is 24.4 Å². The Morgan fingerprint density at radius 3 is 2.23 bits per heavy atom. The van der Waals surface area contributed by atoms with Crippen molar-refractivity contribution in [3.63, 3.8) is 0 Å². The number of amides is 1. The summed E-state index contributed by atoms with van der Waals surface area (Å²) < 4.78 is 0. The molecule has 0 saturated carbocycles. The first-order valence-electron chi connectivity index (χ1n) is 4.76. The highest BCUT2D eigenvalue weighted by Gasteiger charge is 2.04. The van der Waals surface area contributed by atoms with Gasteiger partial charge in [0.05, 0.1) is 0 Å². The van der Waals surface area contributed by atoms with E-state index in [9.17, 15) is 4.79 Å². The Labute approximate surface area is 80.6 Å². The standard InChI is InChI=1S/C10H20N2O/c1-7(2)6-9(5)11-12-10(13)8(3)4/h7-8H,6H2,1-5H3,(H,12,13). The molecule has 1 N–H and O–H groups in total. The van der Waals surface area contributed by atoms with Crippen molar-refractivity contribution in [1.82, 2.24) is 5.43 Å². The van der Waals surface area contributed by atoms with Gasteiger partial charge in [-0.05, 0) is 19.3 Å². The molecule has 0 aliphatic heterocycles. The van der Waals surface area contributed by atoms with Gasteiger partial charge in [0.25, 0.3) is 0 Å². The molecule has 0 rings (SSSR count). The second-order valence-corrected chi connectivity index (χ2v) is 4.08. The molecule has 0 aromatic carbocycles. The Hall–Kier alpha value is -0.860. The molecule has 76 valence electrons. The van der Waals surface area contributed by atoms with Crippen LogP contribution in [-0.4, -0.2) is 11.6 Å². The molecular formula is C10H20N2O. The van der Waals surface area contributed by atoms with E-state index in [1.807, 2.05) is 20.8 Å². The van der Waals surface area contributed by atoms with E-state index in [1.54, 1.807) is 0 Å². The van der Waals surface area contributed by atoms with E-state index in [0.717, 1.165) is 12.1 Å². The molecule has 3 nitrogen and oxygen atoms in total. The first kappa shape index (κ1) is 12.1. The van der Waals surface area contributed by atoms with Crippen LogP contribution < -0.4 is 5.43 Å². The topological polar surface area (TPSA) is 41.5 Å². The first-order valence-corrected chi connectivity index (χ1v) is 4.76. The van der Waals surface area contributed by atoms with Crippen molar-refractivity contribution in [1.29, 1.82) is 0 Å². The van der Waals surface area contributed by atoms with Gasteiger partial charge in [0.2, 0.25) is 5.91 Å². The molecule has 0 aromatic heterocycles. The van der Waals surface area contributed by atoms with Crippen LogP contribution in [0.1, 0.15) is 41.0 Å². The summed E-state index contributed by atoms with van der Waals surface area (Å²) in [6.45, 7) is 9.89. The number of hydrogen-bond donors (Lipinski definition) is 1. The fourth-order valence-electron chi connectivity index (χ4n) is 0.916. The SMILES string of the molecule is CC(CC(C)C)=NNC(=O)C(C)C. The molecular weight excluding hydrogens is 164 g/mol. The molecule has 0 saturated heterocycles. The van der Waals surface area contributed by atoms with Gasteiger partial charge in [0, 0.05) is 11.6 Å². The van der Waals surface area contributed by atoms with Gasteiger partial charge in [-0.25, -0.2) is 5.43 Å². The number of carbonyl (C=O) groups excluding carboxylic acids is 1. The van der Waals surface area contributed by atoms with Crippen LogP contribution >= 0.6 is 0 Å². The molecule has 3 heteroatoms. The lowest BCUT2D eigenvalue weighted by Crippen LogP contribution is -2.24. The molecule has 0 radical (unpaired) electrons. The third kappa shape index (κ3) is 6.31. The molecule has 0 unspecified atom stereocenters. The quantitative estimate of drug-likeness (QED) is 0.528. The maximum absolute atomic E-state index is 11.1. The minimum atomic E-state index is -0.0249. The number of carbonyl (C=O) groups is 1. The average Bonchev–Trinajstić information content (AvgIpc) is 1.98. The molecule has 0 heterocycles. The zero-order chi connectivity index (χ0) is 10.4. The van der Waals surface area contributed by atoms with Crippen molar-refractivity contribution < 1.29 is 4.79 Å². The van der Waals surface area contributed by atoms with Crippen LogP contribution in [0.15, 0.2) is 5.10 Å². The Morgan fingerprint density at radius 2 is 1.85 bits per heavy atom. The molecule has 0 bridgehead atoms. The van der Waals surface area contributed by atoms with Crippen LogP contribution in [0.2, 0.25) is 0 Å². The van der Waals surface area contributed by atoms with Crippen LogP contribution in [0.5, 0.6) is 0 Å². The van der Waals surface area contributed by atoms with E-state index < -0.39 is 0 Å². The Bertz CT molecular complexity index is 195. The van der Waals surface area contributed by atoms with E-state index >= 15 is 0 Å². The lowest BCUT2D eigenvalue weighted by Gasteiger charge is -2.06. The minimum Gasteiger partial charge on any atom is -0.273 e. The van der Waals surface area contributed by atoms with Gasteiger partial charge < -0.3 is 0 Å². The zero-order valence-electron chi connectivity index (χ0n) is 9.22. The zero-order valence-corrected chi connectivity index (χ0v) is 9.22. The monoisotopic (exact) mass is 184 g/mol. The Morgan fingerprint density at radius 1 is 1.31 bits per heavy atom. The molecule has 0 atom stereocenters. The fraction of sp³-hybridized carbons (Fsp3) is 0.800. The highest BCUT2D eigenvalue weighted by Crippen LogP contribution is 2.00. The van der Waals surface area contributed by atoms with Crippen LogP contribution in [0.3, 0.4) is 0 Å². The van der Waals surface area contributed by atoms with Crippen molar-refractivity contribution in [3.05, 3.63) is 0 Å². The summed E-state index contributed by atoms with van der Waals surface area (Å²) in [7, 11) is 0. The van der Waals surface area contributed by atoms with Gasteiger partial charge in [-0.1, -0.05) is 27.7 Å². The van der Waals surface area contributed by atoms with E-state index in [0.29, 0.717) is 5.92 Å². The summed E-state index contributed by atoms with van der Waals surface area (Å²) in [6.07, 6.45) is 0.929. The molecule has 1 amide bonds. The van der Waals surface area contributed by atoms with Crippen LogP contribution in [0.25, 0.3) is 0 Å². The highest BCUT2D eigenvalue weighted by atomic mass is 16.2. The number of nitrogens with zero attached hydrogens (tertiary/aromatic N) is 1. The molecule has 0 fully saturated rings. The van der Waals surface area contributed by atoms with Gasteiger partial charge >= 0.3 is 0 Å². The van der Waals surface area contributed by atoms with E-state index in [1.165, 1.54) is 0 Å². The second kappa shape index (κ2) is 5.73. The van der Waals surface area contributed by atoms with E-state index in [4.69, 9.17) is 0 Å². The molecule has 0 aliphatic rings. The first-order chi connectivity index (χ1) is 5.93. The van der Waals surface area contributed by atoms with Gasteiger partial charge in [-0.2, -0.15) is 5.10 Å². The minimum absolute atomic E-state index is 0.00407. The van der Waals surface area contributed by atoms with Crippen molar-refractivity contribution in [2.24, 2.45) is 16.9 Å². The summed E-state index contributed by atoms with van der Waals surface area (Å²) in [5, 5.41) is 4.00. The second-order valence-electron chi connectivity index (χ2n) is 4.08. The third-order valence-corrected chi connectivity index (χ3v) is 1.58. The Balaban J connectivity index is 3.90. The average molecular weight is 184 g/mol. The number of hydrazone groups is 1. The van der Waals surface area contributed by atoms with Gasteiger partial charge in [-0.3, -0.25) is 4.79 Å². The number of nitrogens with one attached hydrogen (secondary N) is 1. The lowest BCUT2D eigenvalue weighted by atomic mass is 10.1. The predicted octanol–water partition coefficient (Wildman–Crippen LogP) is 2.18. The van der Waals surface area contributed by atoms with Crippen molar-refractivity contribution in [3.8, 4) is 0 Å². The molecule has 0 spiro atoms. The van der Waals surface area contributed by atoms with Crippen molar-refractivity contribution in [2.75, 3.05) is 0 Å². The largest absolute Gasteiger partial charge is 0.273 e. The van der Waals surface area contributed by atoms with Crippen molar-refractivity contribution in [2.45, 2.75) is 41.0 Å². The van der Waals surface area contributed by atoms with Gasteiger partial charge in [0.1, 0.15) is 0 Å². The number of rotatable bonds is 4. The smallest absolute Gasteiger partial charge is 0.242 e. The molecule has 13 heavy (non-hydrogen) atoms. The van der Waals surface area contributed by atoms with Crippen LogP contribution in [-0.2, 0) is 4.79 Å². The van der Waals surface area contributed by atoms with Gasteiger partial charge in [-0.15, -0.1) is 0 Å². The predicted molar refractivity (Wildman–Crippen MR) is 55.5 cm³/mol. The summed E-state index contributed by atoms with van der Waals surface area (Å²) in [6, 6.07) is 0. The lowest BCUT2D eigenvalue weighted by molar-refractivity contribution is -0.123. The summed E-state index contributed by atoms with van der Waals surface area (Å²) in [5.41, 5.74) is 3.51. The molecule has 0 aromatic rings. The molecule has 0 aliphatic carbocycles. The summed E-state index contributed by atoms with van der Waals surface area (Å²) in [4.78, 5) is 11.1. The highest BCUT2D eigenvalue weighted by molar-refractivity contribution is 5.84. The van der Waals surface area contributed by atoms with Crippen LogP contribution in [0, 0.1) is 11.8 Å². The maximum atomic E-state index is 11.1. The summed E-state index contributed by atoms with van der Waals surface area (Å²) >= 11 is 0. The van der Waals surface area contributed by atoms with E-state index in [-0.39, 0.29) is 11.8 Å². The number of hydrogen-bond acceptors (Lipinski definition) is 2. The fourth-order valence-corrected chi connectivity index (χ4v) is 0.916. The van der Waals surface area contributed by atoms with Gasteiger partial charge in [0.15, 0.2) is 0 Å². The Kier molecular flexibility index (Phi) is 5.35. The normalized spacial score (nSPS) is 12.4. The van der Waals surface area contributed by atoms with Crippen molar-refractivity contribution >= 4 is 11.6 Å². The summed E-state index contributed by atoms with van der Waals surface area (Å²) in [5.74, 6) is 0.554. The van der Waals surface area contributed by atoms with Crippen LogP contribution in [0.4, 0.5) is 0 Å². The maximum Gasteiger partial charge on any atom is 0.242 e. The third-order valence-electron chi connectivity index (χ3n) is 1.58.